The molecule has 1 rings (SSSR count). The van der Waals surface area contributed by atoms with E-state index >= 15 is 0 Å². The summed E-state index contributed by atoms with van der Waals surface area (Å²) in [6.45, 7) is 1.16. The highest BCUT2D eigenvalue weighted by atomic mass is 35.5. The molecular formula is C12H15ClN2O4. The molecule has 0 aromatic heterocycles. The number of hydrogen-bond donors (Lipinski definition) is 4. The molecule has 0 bridgehead atoms. The zero-order chi connectivity index (χ0) is 14.5. The Bertz CT molecular complexity index is 477. The van der Waals surface area contributed by atoms with E-state index in [2.05, 4.69) is 10.6 Å². The van der Waals surface area contributed by atoms with Gasteiger partial charge in [-0.3, -0.25) is 4.79 Å². The number of rotatable bonds is 5. The summed E-state index contributed by atoms with van der Waals surface area (Å²) < 4.78 is 0. The van der Waals surface area contributed by atoms with Crippen LogP contribution < -0.4 is 10.6 Å². The number of carbonyl (C=O) groups excluding carboxylic acids is 1. The fourth-order valence-electron chi connectivity index (χ4n) is 1.40. The third kappa shape index (κ3) is 6.08. The smallest absolute Gasteiger partial charge is 0.319 e. The van der Waals surface area contributed by atoms with Gasteiger partial charge in [0, 0.05) is 17.3 Å². The molecule has 0 fully saturated rings. The van der Waals surface area contributed by atoms with Crippen molar-refractivity contribution in [3.63, 3.8) is 0 Å². The second-order valence-electron chi connectivity index (χ2n) is 4.39. The highest BCUT2D eigenvalue weighted by Crippen LogP contribution is 2.14. The van der Waals surface area contributed by atoms with Crippen LogP contribution in [0.5, 0.6) is 0 Å². The Hall–Kier alpha value is -1.79. The molecule has 1 aromatic rings. The summed E-state index contributed by atoms with van der Waals surface area (Å²) in [6, 6.07) is 6.02. The van der Waals surface area contributed by atoms with Gasteiger partial charge in [-0.15, -0.1) is 0 Å². The number of benzene rings is 1. The monoisotopic (exact) mass is 286 g/mol. The molecular weight excluding hydrogens is 272 g/mol. The van der Waals surface area contributed by atoms with Crippen molar-refractivity contribution in [2.45, 2.75) is 18.9 Å². The van der Waals surface area contributed by atoms with Crippen LogP contribution in [0, 0.1) is 0 Å². The van der Waals surface area contributed by atoms with Crippen LogP contribution in [0.25, 0.3) is 0 Å². The SMILES string of the molecule is CC(O)(CNC(=O)Nc1cccc(Cl)c1)CC(=O)O. The van der Waals surface area contributed by atoms with Gasteiger partial charge in [0.2, 0.25) is 0 Å². The van der Waals surface area contributed by atoms with E-state index in [9.17, 15) is 14.7 Å². The normalized spacial score (nSPS) is 13.4. The molecule has 1 unspecified atom stereocenters. The van der Waals surface area contributed by atoms with Gasteiger partial charge < -0.3 is 20.8 Å². The van der Waals surface area contributed by atoms with Crippen molar-refractivity contribution in [2.75, 3.05) is 11.9 Å². The average Bonchev–Trinajstić information content (AvgIpc) is 2.25. The lowest BCUT2D eigenvalue weighted by atomic mass is 10.0. The first-order valence-electron chi connectivity index (χ1n) is 5.53. The summed E-state index contributed by atoms with van der Waals surface area (Å²) in [4.78, 5) is 22.0. The molecule has 0 aliphatic heterocycles. The minimum absolute atomic E-state index is 0.175. The van der Waals surface area contributed by atoms with Crippen LogP contribution in [-0.4, -0.2) is 34.4 Å². The first-order chi connectivity index (χ1) is 8.78. The van der Waals surface area contributed by atoms with Crippen LogP contribution in [0.15, 0.2) is 24.3 Å². The van der Waals surface area contributed by atoms with Crippen LogP contribution in [0.3, 0.4) is 0 Å². The maximum absolute atomic E-state index is 11.5. The lowest BCUT2D eigenvalue weighted by Gasteiger charge is -2.21. The van der Waals surface area contributed by atoms with E-state index in [-0.39, 0.29) is 6.54 Å². The summed E-state index contributed by atoms with van der Waals surface area (Å²) in [6.07, 6.45) is -0.454. The molecule has 4 N–H and O–H groups in total. The van der Waals surface area contributed by atoms with Crippen molar-refractivity contribution >= 4 is 29.3 Å². The van der Waals surface area contributed by atoms with Crippen LogP contribution in [-0.2, 0) is 4.79 Å². The number of urea groups is 1. The van der Waals surface area contributed by atoms with Gasteiger partial charge in [-0.2, -0.15) is 0 Å². The fourth-order valence-corrected chi connectivity index (χ4v) is 1.59. The Balaban J connectivity index is 2.46. The van der Waals surface area contributed by atoms with Crippen molar-refractivity contribution in [3.05, 3.63) is 29.3 Å². The van der Waals surface area contributed by atoms with Gasteiger partial charge in [0.25, 0.3) is 0 Å². The fraction of sp³-hybridized carbons (Fsp3) is 0.333. The topological polar surface area (TPSA) is 98.7 Å². The summed E-state index contributed by atoms with van der Waals surface area (Å²) in [5, 5.41) is 23.7. The Morgan fingerprint density at radius 1 is 1.42 bits per heavy atom. The van der Waals surface area contributed by atoms with Gasteiger partial charge in [0.05, 0.1) is 12.0 Å². The summed E-state index contributed by atoms with van der Waals surface area (Å²) >= 11 is 5.76. The lowest BCUT2D eigenvalue weighted by Crippen LogP contribution is -2.43. The average molecular weight is 287 g/mol. The maximum Gasteiger partial charge on any atom is 0.319 e. The predicted octanol–water partition coefficient (Wildman–Crippen LogP) is 1.69. The largest absolute Gasteiger partial charge is 0.481 e. The Morgan fingerprint density at radius 2 is 2.11 bits per heavy atom. The molecule has 0 saturated heterocycles. The number of anilines is 1. The van der Waals surface area contributed by atoms with Crippen LogP contribution in [0.2, 0.25) is 5.02 Å². The molecule has 0 aliphatic rings. The van der Waals surface area contributed by atoms with Gasteiger partial charge in [-0.05, 0) is 25.1 Å². The van der Waals surface area contributed by atoms with E-state index in [0.717, 1.165) is 0 Å². The molecule has 19 heavy (non-hydrogen) atoms. The number of nitrogens with one attached hydrogen (secondary N) is 2. The van der Waals surface area contributed by atoms with Crippen molar-refractivity contribution < 1.29 is 19.8 Å². The number of hydrogen-bond acceptors (Lipinski definition) is 3. The van der Waals surface area contributed by atoms with E-state index in [4.69, 9.17) is 16.7 Å². The molecule has 0 aliphatic carbocycles. The first kappa shape index (κ1) is 15.3. The van der Waals surface area contributed by atoms with E-state index in [1.165, 1.54) is 6.92 Å². The highest BCUT2D eigenvalue weighted by molar-refractivity contribution is 6.30. The van der Waals surface area contributed by atoms with Crippen molar-refractivity contribution in [3.8, 4) is 0 Å². The molecule has 0 saturated carbocycles. The first-order valence-corrected chi connectivity index (χ1v) is 5.91. The molecule has 1 aromatic carbocycles. The number of carbonyl (C=O) groups is 2. The predicted molar refractivity (Wildman–Crippen MR) is 71.4 cm³/mol. The van der Waals surface area contributed by atoms with E-state index < -0.39 is 24.0 Å². The van der Waals surface area contributed by atoms with Gasteiger partial charge in [0.1, 0.15) is 0 Å². The van der Waals surface area contributed by atoms with Gasteiger partial charge in [0.15, 0.2) is 0 Å². The number of aliphatic carboxylic acids is 1. The lowest BCUT2D eigenvalue weighted by molar-refractivity contribution is -0.141. The van der Waals surface area contributed by atoms with Crippen LogP contribution in [0.4, 0.5) is 10.5 Å². The molecule has 0 heterocycles. The Labute approximate surface area is 115 Å². The molecule has 7 heteroatoms. The summed E-state index contributed by atoms with van der Waals surface area (Å²) in [5.74, 6) is -1.14. The zero-order valence-corrected chi connectivity index (χ0v) is 11.1. The minimum atomic E-state index is -1.50. The van der Waals surface area contributed by atoms with Gasteiger partial charge in [-0.1, -0.05) is 17.7 Å². The Morgan fingerprint density at radius 3 is 2.68 bits per heavy atom. The van der Waals surface area contributed by atoms with Crippen molar-refractivity contribution in [1.29, 1.82) is 0 Å². The third-order valence-electron chi connectivity index (χ3n) is 2.24. The second-order valence-corrected chi connectivity index (χ2v) is 4.82. The maximum atomic E-state index is 11.5. The quantitative estimate of drug-likeness (QED) is 0.662. The standard InChI is InChI=1S/C12H15ClN2O4/c1-12(19,6-10(16)17)7-14-11(18)15-9-4-2-3-8(13)5-9/h2-5,19H,6-7H2,1H3,(H,16,17)(H2,14,15,18). The van der Waals surface area contributed by atoms with Crippen molar-refractivity contribution in [1.82, 2.24) is 5.32 Å². The van der Waals surface area contributed by atoms with Crippen molar-refractivity contribution in [2.24, 2.45) is 0 Å². The highest BCUT2D eigenvalue weighted by Gasteiger charge is 2.24. The molecule has 2 amide bonds. The molecule has 1 atom stereocenters. The summed E-state index contributed by atoms with van der Waals surface area (Å²) in [7, 11) is 0. The van der Waals surface area contributed by atoms with E-state index in [0.29, 0.717) is 10.7 Å². The molecule has 0 radical (unpaired) electrons. The van der Waals surface area contributed by atoms with Crippen LogP contribution in [0.1, 0.15) is 13.3 Å². The Kier molecular flexibility index (Phi) is 5.14. The summed E-state index contributed by atoms with van der Waals surface area (Å²) in [5.41, 5.74) is -1.000. The van der Waals surface area contributed by atoms with E-state index in [1.807, 2.05) is 0 Å². The van der Waals surface area contributed by atoms with Gasteiger partial charge >= 0.3 is 12.0 Å². The minimum Gasteiger partial charge on any atom is -0.481 e. The second kappa shape index (κ2) is 6.40. The van der Waals surface area contributed by atoms with E-state index in [1.54, 1.807) is 24.3 Å². The third-order valence-corrected chi connectivity index (χ3v) is 2.48. The molecule has 0 spiro atoms. The number of aliphatic hydroxyl groups is 1. The molecule has 6 nitrogen and oxygen atoms in total. The number of carboxylic acids is 1. The number of halogens is 1. The number of amides is 2. The zero-order valence-electron chi connectivity index (χ0n) is 10.3. The molecule has 104 valence electrons. The van der Waals surface area contributed by atoms with Crippen LogP contribution >= 0.6 is 11.6 Å². The van der Waals surface area contributed by atoms with Gasteiger partial charge in [-0.25, -0.2) is 4.79 Å². The number of carboxylic acid groups (broad SMARTS) is 1.